The van der Waals surface area contributed by atoms with E-state index >= 15 is 0 Å². The summed E-state index contributed by atoms with van der Waals surface area (Å²) in [6, 6.07) is 14.3. The average molecular weight is 349 g/mol. The summed E-state index contributed by atoms with van der Waals surface area (Å²) in [5.41, 5.74) is 3.12. The number of nitrogens with zero attached hydrogens (tertiary/aromatic N) is 4. The first-order valence-corrected chi connectivity index (χ1v) is 9.09. The molecule has 2 aromatic heterocycles. The van der Waals surface area contributed by atoms with Crippen molar-refractivity contribution in [1.82, 2.24) is 19.9 Å². The molecular weight excluding hydrogens is 326 g/mol. The summed E-state index contributed by atoms with van der Waals surface area (Å²) in [5, 5.41) is 11.7. The largest absolute Gasteiger partial charge is 0.353 e. The van der Waals surface area contributed by atoms with Crippen LogP contribution in [0.15, 0.2) is 48.7 Å². The van der Waals surface area contributed by atoms with Crippen molar-refractivity contribution in [3.8, 4) is 0 Å². The highest BCUT2D eigenvalue weighted by atomic mass is 16.1. The Morgan fingerprint density at radius 3 is 2.65 bits per heavy atom. The summed E-state index contributed by atoms with van der Waals surface area (Å²) in [5.74, 6) is 0.977. The molecule has 6 nitrogen and oxygen atoms in total. The molecule has 1 N–H and O–H groups in total. The smallest absolute Gasteiger partial charge is 0.231 e. The molecule has 0 spiro atoms. The minimum absolute atomic E-state index is 0.0974. The Labute approximate surface area is 152 Å². The van der Waals surface area contributed by atoms with Crippen LogP contribution in [0.1, 0.15) is 24.0 Å². The molecule has 0 unspecified atom stereocenters. The number of carbonyl (C=O) groups is 1. The minimum Gasteiger partial charge on any atom is -0.353 e. The molecule has 0 saturated carbocycles. The van der Waals surface area contributed by atoms with Gasteiger partial charge in [0.05, 0.1) is 6.42 Å². The fourth-order valence-corrected chi connectivity index (χ4v) is 3.44. The molecule has 26 heavy (non-hydrogen) atoms. The monoisotopic (exact) mass is 349 g/mol. The Morgan fingerprint density at radius 1 is 1.12 bits per heavy atom. The SMILES string of the molecule is Cc1ccc(CC(=O)NC2CCN(c3nnc4ccccn34)CC2)cc1. The van der Waals surface area contributed by atoms with Crippen LogP contribution in [0.2, 0.25) is 0 Å². The molecule has 1 aliphatic rings. The van der Waals surface area contributed by atoms with Gasteiger partial charge in [-0.3, -0.25) is 9.20 Å². The standard InChI is InChI=1S/C20H23N5O/c1-15-5-7-16(8-6-15)14-19(26)21-17-9-12-24(13-10-17)20-23-22-18-4-2-3-11-25(18)20/h2-8,11,17H,9-10,12-14H2,1H3,(H,21,26). The highest BCUT2D eigenvalue weighted by Crippen LogP contribution is 2.19. The fraction of sp³-hybridized carbons (Fsp3) is 0.350. The Hall–Kier alpha value is -2.89. The molecule has 134 valence electrons. The van der Waals surface area contributed by atoms with E-state index in [1.165, 1.54) is 5.56 Å². The zero-order chi connectivity index (χ0) is 17.9. The van der Waals surface area contributed by atoms with Gasteiger partial charge in [0.2, 0.25) is 11.9 Å². The number of hydrogen-bond acceptors (Lipinski definition) is 4. The fourth-order valence-electron chi connectivity index (χ4n) is 3.44. The van der Waals surface area contributed by atoms with Crippen LogP contribution in [0.3, 0.4) is 0 Å². The number of pyridine rings is 1. The summed E-state index contributed by atoms with van der Waals surface area (Å²) in [7, 11) is 0. The summed E-state index contributed by atoms with van der Waals surface area (Å²) in [6.07, 6.45) is 4.26. The van der Waals surface area contributed by atoms with E-state index in [0.717, 1.165) is 43.1 Å². The van der Waals surface area contributed by atoms with Crippen molar-refractivity contribution >= 4 is 17.5 Å². The third kappa shape index (κ3) is 3.54. The number of carbonyl (C=O) groups excluding carboxylic acids is 1. The molecular formula is C20H23N5O. The van der Waals surface area contributed by atoms with Gasteiger partial charge in [-0.25, -0.2) is 0 Å². The van der Waals surface area contributed by atoms with Crippen molar-refractivity contribution in [3.05, 3.63) is 59.8 Å². The highest BCUT2D eigenvalue weighted by molar-refractivity contribution is 5.78. The number of nitrogens with one attached hydrogen (secondary N) is 1. The highest BCUT2D eigenvalue weighted by Gasteiger charge is 2.23. The van der Waals surface area contributed by atoms with Crippen molar-refractivity contribution in [1.29, 1.82) is 0 Å². The molecule has 0 bridgehead atoms. The predicted octanol–water partition coefficient (Wildman–Crippen LogP) is 2.37. The van der Waals surface area contributed by atoms with E-state index in [1.54, 1.807) is 0 Å². The Bertz CT molecular complexity index is 894. The lowest BCUT2D eigenvalue weighted by atomic mass is 10.0. The second-order valence-electron chi connectivity index (χ2n) is 6.92. The maximum absolute atomic E-state index is 12.3. The third-order valence-electron chi connectivity index (χ3n) is 4.92. The molecule has 1 saturated heterocycles. The van der Waals surface area contributed by atoms with Crippen LogP contribution in [0, 0.1) is 6.92 Å². The number of anilines is 1. The maximum Gasteiger partial charge on any atom is 0.231 e. The summed E-state index contributed by atoms with van der Waals surface area (Å²) < 4.78 is 2.01. The Balaban J connectivity index is 1.32. The third-order valence-corrected chi connectivity index (χ3v) is 4.92. The van der Waals surface area contributed by atoms with Crippen LogP contribution in [0.4, 0.5) is 5.95 Å². The lowest BCUT2D eigenvalue weighted by Crippen LogP contribution is -2.45. The van der Waals surface area contributed by atoms with Gasteiger partial charge in [-0.1, -0.05) is 35.9 Å². The molecule has 1 amide bonds. The normalized spacial score (nSPS) is 15.3. The van der Waals surface area contributed by atoms with Crippen molar-refractivity contribution in [2.24, 2.45) is 0 Å². The molecule has 0 aliphatic carbocycles. The van der Waals surface area contributed by atoms with Crippen LogP contribution in [0.25, 0.3) is 5.65 Å². The Morgan fingerprint density at radius 2 is 1.88 bits per heavy atom. The zero-order valence-electron chi connectivity index (χ0n) is 14.9. The van der Waals surface area contributed by atoms with Crippen LogP contribution in [-0.4, -0.2) is 39.6 Å². The summed E-state index contributed by atoms with van der Waals surface area (Å²) in [6.45, 7) is 3.78. The number of benzene rings is 1. The van der Waals surface area contributed by atoms with E-state index in [-0.39, 0.29) is 11.9 Å². The number of fused-ring (bicyclic) bond motifs is 1. The maximum atomic E-state index is 12.3. The van der Waals surface area contributed by atoms with Gasteiger partial charge in [0, 0.05) is 25.3 Å². The van der Waals surface area contributed by atoms with E-state index < -0.39 is 0 Å². The molecule has 3 aromatic rings. The predicted molar refractivity (Wildman–Crippen MR) is 101 cm³/mol. The van der Waals surface area contributed by atoms with Gasteiger partial charge in [0.15, 0.2) is 5.65 Å². The van der Waals surface area contributed by atoms with E-state index in [0.29, 0.717) is 6.42 Å². The van der Waals surface area contributed by atoms with Crippen LogP contribution in [0.5, 0.6) is 0 Å². The number of aromatic nitrogens is 3. The zero-order valence-corrected chi connectivity index (χ0v) is 14.9. The van der Waals surface area contributed by atoms with Gasteiger partial charge in [-0.2, -0.15) is 0 Å². The van der Waals surface area contributed by atoms with Gasteiger partial charge < -0.3 is 10.2 Å². The van der Waals surface area contributed by atoms with Crippen molar-refractivity contribution in [3.63, 3.8) is 0 Å². The molecule has 0 radical (unpaired) electrons. The lowest BCUT2D eigenvalue weighted by Gasteiger charge is -2.32. The first-order valence-electron chi connectivity index (χ1n) is 9.09. The second-order valence-corrected chi connectivity index (χ2v) is 6.92. The number of aryl methyl sites for hydroxylation is 1. The van der Waals surface area contributed by atoms with Crippen molar-refractivity contribution in [2.75, 3.05) is 18.0 Å². The molecule has 1 aliphatic heterocycles. The molecule has 6 heteroatoms. The second kappa shape index (κ2) is 7.15. The Kier molecular flexibility index (Phi) is 4.56. The topological polar surface area (TPSA) is 62.5 Å². The van der Waals surface area contributed by atoms with E-state index in [1.807, 2.05) is 53.1 Å². The first-order chi connectivity index (χ1) is 12.7. The number of rotatable bonds is 4. The van der Waals surface area contributed by atoms with Gasteiger partial charge in [-0.15, -0.1) is 10.2 Å². The average Bonchev–Trinajstić information content (AvgIpc) is 3.08. The minimum atomic E-state index is 0.0974. The van der Waals surface area contributed by atoms with Crippen molar-refractivity contribution < 1.29 is 4.79 Å². The van der Waals surface area contributed by atoms with E-state index in [9.17, 15) is 4.79 Å². The lowest BCUT2D eigenvalue weighted by molar-refractivity contribution is -0.121. The van der Waals surface area contributed by atoms with E-state index in [2.05, 4.69) is 27.3 Å². The number of amides is 1. The van der Waals surface area contributed by atoms with Gasteiger partial charge >= 0.3 is 0 Å². The van der Waals surface area contributed by atoms with Gasteiger partial charge in [-0.05, 0) is 37.5 Å². The molecule has 1 aromatic carbocycles. The van der Waals surface area contributed by atoms with Crippen LogP contribution >= 0.6 is 0 Å². The van der Waals surface area contributed by atoms with Crippen molar-refractivity contribution in [2.45, 2.75) is 32.2 Å². The van der Waals surface area contributed by atoms with E-state index in [4.69, 9.17) is 0 Å². The molecule has 0 atom stereocenters. The number of hydrogen-bond donors (Lipinski definition) is 1. The van der Waals surface area contributed by atoms with Crippen LogP contribution in [-0.2, 0) is 11.2 Å². The van der Waals surface area contributed by atoms with Gasteiger partial charge in [0.25, 0.3) is 0 Å². The van der Waals surface area contributed by atoms with Gasteiger partial charge in [0.1, 0.15) is 0 Å². The number of piperidine rings is 1. The molecule has 3 heterocycles. The molecule has 4 rings (SSSR count). The quantitative estimate of drug-likeness (QED) is 0.785. The van der Waals surface area contributed by atoms with Crippen LogP contribution < -0.4 is 10.2 Å². The summed E-state index contributed by atoms with van der Waals surface area (Å²) in [4.78, 5) is 14.5. The first kappa shape index (κ1) is 16.6. The molecule has 1 fully saturated rings. The summed E-state index contributed by atoms with van der Waals surface area (Å²) >= 11 is 0.